The highest BCUT2D eigenvalue weighted by atomic mass is 32.2. The number of rotatable bonds is 52. The van der Waals surface area contributed by atoms with E-state index in [1.807, 2.05) is 0 Å². The van der Waals surface area contributed by atoms with Crippen LogP contribution in [0, 0.1) is 0 Å². The third-order valence-electron chi connectivity index (χ3n) is 20.4. The van der Waals surface area contributed by atoms with E-state index in [9.17, 15) is 64.8 Å². The van der Waals surface area contributed by atoms with Crippen LogP contribution < -0.4 is 41.4 Å². The summed E-state index contributed by atoms with van der Waals surface area (Å²) < 4.78 is 123. The molecule has 4 aromatic rings. The molecule has 728 valence electrons. The van der Waals surface area contributed by atoms with Crippen molar-refractivity contribution in [2.45, 2.75) is 169 Å². The Labute approximate surface area is 775 Å². The third-order valence-corrected chi connectivity index (χ3v) is 27.1. The second kappa shape index (κ2) is 53.7. The van der Waals surface area contributed by atoms with Crippen LogP contribution in [0.5, 0.6) is 11.5 Å². The van der Waals surface area contributed by atoms with Gasteiger partial charge in [0.2, 0.25) is 43.7 Å². The lowest BCUT2D eigenvalue weighted by Gasteiger charge is -2.34. The molecule has 0 saturated carbocycles. The van der Waals surface area contributed by atoms with Gasteiger partial charge in [0, 0.05) is 165 Å². The van der Waals surface area contributed by atoms with E-state index in [-0.39, 0.29) is 201 Å². The summed E-state index contributed by atoms with van der Waals surface area (Å²) in [6.07, 6.45) is 6.45. The van der Waals surface area contributed by atoms with Crippen LogP contribution in [0.4, 0.5) is 19.2 Å². The van der Waals surface area contributed by atoms with Crippen molar-refractivity contribution in [2.75, 3.05) is 196 Å². The fraction of sp³-hybridized carbons (Fsp3) is 0.632. The highest BCUT2D eigenvalue weighted by Crippen LogP contribution is 2.44. The molecule has 40 nitrogen and oxygen atoms in total. The standard InChI is InChI=1S/C87H130N14O26S4/c1-84(2,3)126-78(106)70(94-76(104)74-86(7,8)128-62-100(74)130(112,113)68-16-11-28-88-60-68)58-64-18-22-66(23-19-64)124-82(110)98-38-34-96(35-39-98)80(108)92-32-48-122-56-54-120-46-26-72(102)90-30-13-42-116-50-52-118-44-15-45-119-53-51-117-43-14-31-91-73(103)27-47-121-55-57-123-49-33-93-81(109)97-36-40-99(41-37-97)83(111)125-67-24-20-65(21-25-67)59-71(79(107)127-85(4,5)6)95-77(105)75-87(9,10)129-63-101(75)131(114,115)69-17-12-29-89-61-69/h11-12,16-25,28-29,60-61,70-71,74-75H,13-15,26-27,30-59,62-63H2,1-10H3,(H,90,102)(H,91,103)(H,92,108)(H,93,109)(H,94,104)(H,95,105)/t70-,71-,74?,75?/m0/s1. The topological polar surface area (TPSA) is 467 Å². The van der Waals surface area contributed by atoms with E-state index in [1.54, 1.807) is 128 Å². The van der Waals surface area contributed by atoms with Crippen LogP contribution in [0.25, 0.3) is 0 Å². The van der Waals surface area contributed by atoms with Crippen LogP contribution in [0.15, 0.2) is 107 Å². The number of benzene rings is 2. The van der Waals surface area contributed by atoms with Gasteiger partial charge in [-0.05, 0) is 148 Å². The van der Waals surface area contributed by atoms with Crippen molar-refractivity contribution in [1.29, 1.82) is 0 Å². The van der Waals surface area contributed by atoms with Gasteiger partial charge in [-0.25, -0.2) is 45.6 Å². The Hall–Kier alpha value is -9.16. The molecule has 44 heteroatoms. The first-order chi connectivity index (χ1) is 62.4. The van der Waals surface area contributed by atoms with Crippen LogP contribution in [0.3, 0.4) is 0 Å². The fourth-order valence-electron chi connectivity index (χ4n) is 13.6. The summed E-state index contributed by atoms with van der Waals surface area (Å²) in [7, 11) is -8.26. The number of aromatic nitrogens is 2. The normalized spacial score (nSPS) is 17.1. The fourth-order valence-corrected chi connectivity index (χ4v) is 19.9. The molecule has 6 N–H and O–H groups in total. The Morgan fingerprint density at radius 2 is 0.733 bits per heavy atom. The number of pyridine rings is 2. The maximum absolute atomic E-state index is 14.1. The second-order valence-electron chi connectivity index (χ2n) is 33.9. The van der Waals surface area contributed by atoms with E-state index in [1.165, 1.54) is 82.4 Å². The van der Waals surface area contributed by atoms with Crippen molar-refractivity contribution in [1.82, 2.24) is 70.1 Å². The first-order valence-electron chi connectivity index (χ1n) is 43.9. The van der Waals surface area contributed by atoms with E-state index < -0.39 is 101 Å². The zero-order chi connectivity index (χ0) is 95.0. The first kappa shape index (κ1) is 107. The number of thioether (sulfide) groups is 2. The molecule has 0 bridgehead atoms. The Bertz CT molecular complexity index is 4230. The van der Waals surface area contributed by atoms with Gasteiger partial charge in [-0.1, -0.05) is 24.3 Å². The monoisotopic (exact) mass is 1910 g/mol. The molecule has 4 aliphatic heterocycles. The summed E-state index contributed by atoms with van der Waals surface area (Å²) in [6.45, 7) is 26.3. The molecule has 4 aliphatic rings. The van der Waals surface area contributed by atoms with E-state index in [2.05, 4.69) is 41.9 Å². The Kier molecular flexibility index (Phi) is 43.9. The number of urea groups is 2. The highest BCUT2D eigenvalue weighted by molar-refractivity contribution is 8.02. The van der Waals surface area contributed by atoms with Crippen molar-refractivity contribution in [3.63, 3.8) is 0 Å². The molecule has 0 aliphatic carbocycles. The molecule has 131 heavy (non-hydrogen) atoms. The van der Waals surface area contributed by atoms with Gasteiger partial charge in [0.1, 0.15) is 56.7 Å². The Morgan fingerprint density at radius 3 is 1.06 bits per heavy atom. The number of amides is 10. The molecule has 4 atom stereocenters. The molecule has 2 aromatic heterocycles. The van der Waals surface area contributed by atoms with Gasteiger partial charge >= 0.3 is 36.2 Å². The lowest BCUT2D eigenvalue weighted by atomic mass is 10.0. The van der Waals surface area contributed by atoms with Crippen LogP contribution in [0.1, 0.15) is 112 Å². The number of hydrogen-bond acceptors (Lipinski definition) is 30. The smallest absolute Gasteiger partial charge is 0.415 e. The molecule has 6 heterocycles. The number of sulfonamides is 2. The molecule has 2 aromatic carbocycles. The van der Waals surface area contributed by atoms with E-state index in [4.69, 9.17) is 56.8 Å². The third kappa shape index (κ3) is 37.0. The maximum Gasteiger partial charge on any atom is 0.415 e. The summed E-state index contributed by atoms with van der Waals surface area (Å²) in [5, 5.41) is 16.9. The predicted molar refractivity (Wildman–Crippen MR) is 484 cm³/mol. The van der Waals surface area contributed by atoms with Gasteiger partial charge in [0.15, 0.2) is 0 Å². The van der Waals surface area contributed by atoms with Crippen molar-refractivity contribution >= 4 is 103 Å². The van der Waals surface area contributed by atoms with Crippen LogP contribution in [-0.2, 0) is 109 Å². The molecular weight excluding hydrogens is 1790 g/mol. The van der Waals surface area contributed by atoms with Crippen molar-refractivity contribution in [3.8, 4) is 11.5 Å². The zero-order valence-corrected chi connectivity index (χ0v) is 79.8. The van der Waals surface area contributed by atoms with Crippen molar-refractivity contribution in [2.24, 2.45) is 0 Å². The molecular formula is C87H130N14O26S4. The van der Waals surface area contributed by atoms with Gasteiger partial charge in [0.05, 0.1) is 91.0 Å². The number of nitrogens with one attached hydrogen (secondary N) is 6. The lowest BCUT2D eigenvalue weighted by Crippen LogP contribution is -2.57. The lowest BCUT2D eigenvalue weighted by molar-refractivity contribution is -0.159. The predicted octanol–water partition coefficient (Wildman–Crippen LogP) is 4.97. The van der Waals surface area contributed by atoms with E-state index in [0.29, 0.717) is 96.3 Å². The molecule has 4 fully saturated rings. The minimum atomic E-state index is -4.13. The SMILES string of the molecule is CC(C)(C)OC(=O)[C@H](Cc1ccc(OC(=O)N2CCN(C(=O)NCCOCCOCCC(=O)NCCCOCCOCCCOCCOCCCNC(=O)CCOCCOCCNC(=O)N3CCN(C(=O)Oc4ccc(C[C@H](NC(=O)C5N(S(=O)(=O)c6cccnc6)CSC5(C)C)C(=O)OC(C)(C)C)cc4)CC3)CC2)cc1)NC(=O)C1N(S(=O)(=O)c2cccnc2)CSC1(C)C. The van der Waals surface area contributed by atoms with Gasteiger partial charge < -0.3 is 108 Å². The maximum atomic E-state index is 14.1. The van der Waals surface area contributed by atoms with Gasteiger partial charge in [-0.2, -0.15) is 8.61 Å². The molecule has 0 radical (unpaired) electrons. The molecule has 8 rings (SSSR count). The average molecular weight is 1920 g/mol. The number of nitrogens with zero attached hydrogens (tertiary/aromatic N) is 8. The van der Waals surface area contributed by atoms with Crippen molar-refractivity contribution < 1.29 is 122 Å². The average Bonchev–Trinajstić information content (AvgIpc) is 1.62. The summed E-state index contributed by atoms with van der Waals surface area (Å²) in [6, 6.07) is 13.3. The van der Waals surface area contributed by atoms with Crippen LogP contribution >= 0.6 is 23.5 Å². The molecule has 10 amide bonds. The summed E-state index contributed by atoms with van der Waals surface area (Å²) in [4.78, 5) is 146. The zero-order valence-electron chi connectivity index (χ0n) is 76.5. The van der Waals surface area contributed by atoms with Crippen molar-refractivity contribution in [3.05, 3.63) is 109 Å². The summed E-state index contributed by atoms with van der Waals surface area (Å²) >= 11 is 2.60. The Balaban J connectivity index is 0.532. The highest BCUT2D eigenvalue weighted by Gasteiger charge is 2.54. The number of hydrogen-bond donors (Lipinski definition) is 6. The van der Waals surface area contributed by atoms with Crippen LogP contribution in [-0.4, -0.2) is 356 Å². The number of esters is 2. The molecule has 4 saturated heterocycles. The summed E-state index contributed by atoms with van der Waals surface area (Å²) in [5.74, 6) is -2.56. The number of ether oxygens (including phenoxy) is 12. The quantitative estimate of drug-likeness (QED) is 0.0251. The molecule has 2 unspecified atom stereocenters. The van der Waals surface area contributed by atoms with Crippen LogP contribution in [0.2, 0.25) is 0 Å². The van der Waals surface area contributed by atoms with E-state index >= 15 is 0 Å². The summed E-state index contributed by atoms with van der Waals surface area (Å²) in [5.41, 5.74) is -0.596. The molecule has 0 spiro atoms. The van der Waals surface area contributed by atoms with E-state index in [0.717, 1.165) is 8.61 Å². The largest absolute Gasteiger partial charge is 0.458 e. The number of carbonyl (C=O) groups excluding carboxylic acids is 10. The number of piperazine rings is 2. The Morgan fingerprint density at radius 1 is 0.412 bits per heavy atom. The van der Waals surface area contributed by atoms with Gasteiger partial charge in [0.25, 0.3) is 0 Å². The minimum Gasteiger partial charge on any atom is -0.458 e. The minimum absolute atomic E-state index is 0.0108. The van der Waals surface area contributed by atoms with Gasteiger partial charge in [-0.15, -0.1) is 23.5 Å². The first-order valence-corrected chi connectivity index (χ1v) is 48.8. The second-order valence-corrected chi connectivity index (χ2v) is 40.9. The van der Waals surface area contributed by atoms with Gasteiger partial charge in [-0.3, -0.25) is 29.1 Å². The number of carbonyl (C=O) groups is 10.